The van der Waals surface area contributed by atoms with Gasteiger partial charge < -0.3 is 10.2 Å². The Balaban J connectivity index is 2.62. The first kappa shape index (κ1) is 14.2. The van der Waals surface area contributed by atoms with E-state index in [0.717, 1.165) is 16.7 Å². The molecule has 0 radical (unpaired) electrons. The van der Waals surface area contributed by atoms with Crippen molar-refractivity contribution in [3.05, 3.63) is 69.8 Å². The second kappa shape index (κ2) is 5.41. The van der Waals surface area contributed by atoms with Crippen molar-refractivity contribution in [2.75, 3.05) is 0 Å². The lowest BCUT2D eigenvalue weighted by molar-refractivity contribution is 0.459. The summed E-state index contributed by atoms with van der Waals surface area (Å²) in [6.45, 7) is 8.08. The summed E-state index contributed by atoms with van der Waals surface area (Å²) in [5.41, 5.74) is 5.77. The Morgan fingerprint density at radius 2 is 1.35 bits per heavy atom. The number of benzene rings is 2. The Hall–Kier alpha value is -2.22. The number of hydrogen-bond donors (Lipinski definition) is 2. The molecule has 0 aliphatic rings. The second-order valence-corrected chi connectivity index (χ2v) is 5.18. The van der Waals surface area contributed by atoms with Crippen LogP contribution in [0.25, 0.3) is 11.5 Å². The zero-order valence-electron chi connectivity index (χ0n) is 12.4. The summed E-state index contributed by atoms with van der Waals surface area (Å²) in [5.74, 6) is -0.156. The van der Waals surface area contributed by atoms with Gasteiger partial charge >= 0.3 is 0 Å². The van der Waals surface area contributed by atoms with Gasteiger partial charge in [-0.1, -0.05) is 30.3 Å². The molecule has 2 nitrogen and oxygen atoms in total. The van der Waals surface area contributed by atoms with Gasteiger partial charge in [0.15, 0.2) is 11.5 Å². The Kier molecular flexibility index (Phi) is 3.84. The quantitative estimate of drug-likeness (QED) is 0.603. The van der Waals surface area contributed by atoms with Crippen molar-refractivity contribution < 1.29 is 10.2 Å². The van der Waals surface area contributed by atoms with Crippen LogP contribution in [0.15, 0.2) is 36.4 Å². The van der Waals surface area contributed by atoms with E-state index in [1.807, 2.05) is 45.0 Å². The van der Waals surface area contributed by atoms with Gasteiger partial charge in [-0.15, -0.1) is 0 Å². The molecule has 0 aliphatic heterocycles. The summed E-state index contributed by atoms with van der Waals surface area (Å²) in [7, 11) is 0. The van der Waals surface area contributed by atoms with E-state index in [1.54, 1.807) is 12.1 Å². The molecule has 0 heterocycles. The summed E-state index contributed by atoms with van der Waals surface area (Å²) in [6, 6.07) is 11.0. The molecule has 0 fully saturated rings. The molecule has 0 saturated carbocycles. The van der Waals surface area contributed by atoms with E-state index in [0.29, 0.717) is 11.1 Å². The van der Waals surface area contributed by atoms with Gasteiger partial charge in [-0.2, -0.15) is 0 Å². The predicted octanol–water partition coefficient (Wildman–Crippen LogP) is 4.86. The van der Waals surface area contributed by atoms with Crippen molar-refractivity contribution in [1.29, 1.82) is 0 Å². The van der Waals surface area contributed by atoms with Crippen LogP contribution < -0.4 is 0 Å². The first-order valence-electron chi connectivity index (χ1n) is 6.69. The van der Waals surface area contributed by atoms with Crippen LogP contribution in [0.5, 0.6) is 0 Å². The molecule has 0 atom stereocenters. The first-order chi connectivity index (χ1) is 9.43. The molecule has 2 rings (SSSR count). The van der Waals surface area contributed by atoms with E-state index in [9.17, 15) is 10.2 Å². The molecule has 0 bridgehead atoms. The van der Waals surface area contributed by atoms with Crippen LogP contribution in [0, 0.1) is 27.7 Å². The van der Waals surface area contributed by atoms with Crippen LogP contribution in [-0.2, 0) is 0 Å². The van der Waals surface area contributed by atoms with Crippen molar-refractivity contribution in [3.8, 4) is 0 Å². The van der Waals surface area contributed by atoms with Crippen LogP contribution in [0.3, 0.4) is 0 Å². The normalized spacial score (nSPS) is 12.2. The fourth-order valence-corrected chi connectivity index (χ4v) is 2.32. The maximum atomic E-state index is 10.4. The summed E-state index contributed by atoms with van der Waals surface area (Å²) in [5, 5.41) is 20.6. The van der Waals surface area contributed by atoms with Crippen LogP contribution in [0.1, 0.15) is 33.4 Å². The van der Waals surface area contributed by atoms with Crippen molar-refractivity contribution in [2.45, 2.75) is 27.7 Å². The minimum atomic E-state index is -0.0867. The van der Waals surface area contributed by atoms with E-state index in [1.165, 1.54) is 5.56 Å². The molecule has 0 saturated heterocycles. The first-order valence-corrected chi connectivity index (χ1v) is 6.69. The van der Waals surface area contributed by atoms with Gasteiger partial charge in [0, 0.05) is 11.1 Å². The molecule has 0 amide bonds. The lowest BCUT2D eigenvalue weighted by Gasteiger charge is -2.15. The molecule has 2 aromatic rings. The van der Waals surface area contributed by atoms with Crippen LogP contribution >= 0.6 is 0 Å². The molecule has 2 N–H and O–H groups in total. The Morgan fingerprint density at radius 1 is 0.750 bits per heavy atom. The maximum absolute atomic E-state index is 10.4. The summed E-state index contributed by atoms with van der Waals surface area (Å²) in [4.78, 5) is 0. The number of hydrogen-bond acceptors (Lipinski definition) is 2. The SMILES string of the molecule is Cc1cc(C(O)=C(O)c2ccccc2)c(C)c(C)c1C. The third kappa shape index (κ3) is 2.42. The smallest absolute Gasteiger partial charge is 0.165 e. The molecule has 2 heteroatoms. The predicted molar refractivity (Wildman–Crippen MR) is 83.9 cm³/mol. The minimum absolute atomic E-state index is 0.0695. The molecule has 0 aromatic heterocycles. The topological polar surface area (TPSA) is 40.5 Å². The van der Waals surface area contributed by atoms with Gasteiger partial charge in [-0.3, -0.25) is 0 Å². The van der Waals surface area contributed by atoms with E-state index in [-0.39, 0.29) is 11.5 Å². The molecule has 2 aromatic carbocycles. The zero-order chi connectivity index (χ0) is 14.9. The molecule has 0 unspecified atom stereocenters. The number of aliphatic hydroxyl groups excluding tert-OH is 2. The Bertz CT molecular complexity index is 668. The van der Waals surface area contributed by atoms with Crippen molar-refractivity contribution >= 4 is 11.5 Å². The third-order valence-electron chi connectivity index (χ3n) is 4.01. The largest absolute Gasteiger partial charge is 0.504 e. The van der Waals surface area contributed by atoms with E-state index >= 15 is 0 Å². The number of aliphatic hydroxyl groups is 2. The van der Waals surface area contributed by atoms with Crippen molar-refractivity contribution in [2.24, 2.45) is 0 Å². The molecule has 20 heavy (non-hydrogen) atoms. The van der Waals surface area contributed by atoms with Crippen LogP contribution in [0.2, 0.25) is 0 Å². The standard InChI is InChI=1S/C18H20O2/c1-11-10-16(14(4)13(3)12(11)2)18(20)17(19)15-8-6-5-7-9-15/h5-10,19-20H,1-4H3. The summed E-state index contributed by atoms with van der Waals surface area (Å²) < 4.78 is 0. The lowest BCUT2D eigenvalue weighted by atomic mass is 9.93. The van der Waals surface area contributed by atoms with E-state index < -0.39 is 0 Å². The highest BCUT2D eigenvalue weighted by Gasteiger charge is 2.14. The fourth-order valence-electron chi connectivity index (χ4n) is 2.32. The van der Waals surface area contributed by atoms with Crippen molar-refractivity contribution in [1.82, 2.24) is 0 Å². The molecule has 0 aliphatic carbocycles. The highest BCUT2D eigenvalue weighted by atomic mass is 16.3. The zero-order valence-corrected chi connectivity index (χ0v) is 12.4. The maximum Gasteiger partial charge on any atom is 0.165 e. The van der Waals surface area contributed by atoms with Gasteiger partial charge in [0.1, 0.15) is 0 Å². The average Bonchev–Trinajstić information content (AvgIpc) is 2.48. The highest BCUT2D eigenvalue weighted by Crippen LogP contribution is 2.29. The Labute approximate surface area is 120 Å². The fraction of sp³-hybridized carbons (Fsp3) is 0.222. The average molecular weight is 268 g/mol. The van der Waals surface area contributed by atoms with Gasteiger partial charge in [0.2, 0.25) is 0 Å². The van der Waals surface area contributed by atoms with E-state index in [2.05, 4.69) is 6.92 Å². The molecule has 104 valence electrons. The number of aryl methyl sites for hydroxylation is 1. The molecular formula is C18H20O2. The number of rotatable bonds is 2. The van der Waals surface area contributed by atoms with Gasteiger partial charge in [-0.05, 0) is 56.0 Å². The van der Waals surface area contributed by atoms with Crippen molar-refractivity contribution in [3.63, 3.8) is 0 Å². The molecular weight excluding hydrogens is 248 g/mol. The van der Waals surface area contributed by atoms with Gasteiger partial charge in [-0.25, -0.2) is 0 Å². The monoisotopic (exact) mass is 268 g/mol. The summed E-state index contributed by atoms with van der Waals surface area (Å²) in [6.07, 6.45) is 0. The molecule has 0 spiro atoms. The van der Waals surface area contributed by atoms with Gasteiger partial charge in [0.05, 0.1) is 0 Å². The Morgan fingerprint density at radius 3 is 1.95 bits per heavy atom. The van der Waals surface area contributed by atoms with Gasteiger partial charge in [0.25, 0.3) is 0 Å². The summed E-state index contributed by atoms with van der Waals surface area (Å²) >= 11 is 0. The van der Waals surface area contributed by atoms with Crippen LogP contribution in [0.4, 0.5) is 0 Å². The minimum Gasteiger partial charge on any atom is -0.504 e. The second-order valence-electron chi connectivity index (χ2n) is 5.18. The van der Waals surface area contributed by atoms with E-state index in [4.69, 9.17) is 0 Å². The highest BCUT2D eigenvalue weighted by molar-refractivity contribution is 5.84. The lowest BCUT2D eigenvalue weighted by Crippen LogP contribution is -1.99. The third-order valence-corrected chi connectivity index (χ3v) is 4.01. The van der Waals surface area contributed by atoms with Crippen LogP contribution in [-0.4, -0.2) is 10.2 Å².